The molecule has 0 saturated carbocycles. The lowest BCUT2D eigenvalue weighted by molar-refractivity contribution is 0.578. The highest BCUT2D eigenvalue weighted by molar-refractivity contribution is 7.78. The molecule has 0 aliphatic rings. The molecule has 0 radical (unpaired) electrons. The van der Waals surface area contributed by atoms with Gasteiger partial charge in [0.15, 0.2) is 11.6 Å². The molecule has 170 valence electrons. The van der Waals surface area contributed by atoms with Gasteiger partial charge in [0.1, 0.15) is 17.3 Å². The van der Waals surface area contributed by atoms with Crippen LogP contribution in [0.3, 0.4) is 0 Å². The monoisotopic (exact) mass is 497 g/mol. The van der Waals surface area contributed by atoms with Gasteiger partial charge in [-0.15, -0.1) is 0 Å². The number of nitrogens with zero attached hydrogens (tertiary/aromatic N) is 1. The van der Waals surface area contributed by atoms with Gasteiger partial charge in [-0.25, -0.2) is 17.6 Å². The molecule has 0 heterocycles. The molecule has 0 N–H and O–H groups in total. The second kappa shape index (κ2) is 11.6. The van der Waals surface area contributed by atoms with E-state index in [9.17, 15) is 17.6 Å². The smallest absolute Gasteiger partial charge is 0.153 e. The van der Waals surface area contributed by atoms with Crippen LogP contribution < -0.4 is 0 Å². The van der Waals surface area contributed by atoms with Gasteiger partial charge in [0.2, 0.25) is 0 Å². The quantitative estimate of drug-likeness (QED) is 0.116. The lowest BCUT2D eigenvalue weighted by atomic mass is 10.0. The highest BCUT2D eigenvalue weighted by Gasteiger charge is 2.14. The minimum Gasteiger partial charge on any atom is -0.205 e. The van der Waals surface area contributed by atoms with E-state index in [0.29, 0.717) is 16.1 Å². The van der Waals surface area contributed by atoms with Crippen LogP contribution in [-0.2, 0) is 0 Å². The third-order valence-electron chi connectivity index (χ3n) is 4.72. The van der Waals surface area contributed by atoms with Gasteiger partial charge in [-0.1, -0.05) is 54.7 Å². The summed E-state index contributed by atoms with van der Waals surface area (Å²) in [5, 5.41) is 2.17. The van der Waals surface area contributed by atoms with E-state index >= 15 is 0 Å². The van der Waals surface area contributed by atoms with Crippen molar-refractivity contribution in [3.8, 4) is 34.8 Å². The molecule has 34 heavy (non-hydrogen) atoms. The number of hydrogen-bond donors (Lipinski definition) is 0. The number of hydrogen-bond acceptors (Lipinski definition) is 2. The molecule has 0 aromatic heterocycles. The van der Waals surface area contributed by atoms with Gasteiger partial charge in [-0.05, 0) is 60.6 Å². The molecule has 3 rings (SSSR count). The number of isothiocyanates is 1. The Hall–Kier alpha value is -3.41. The van der Waals surface area contributed by atoms with Crippen molar-refractivity contribution in [3.05, 3.63) is 87.4 Å². The van der Waals surface area contributed by atoms with Crippen molar-refractivity contribution in [2.45, 2.75) is 26.2 Å². The van der Waals surface area contributed by atoms with Gasteiger partial charge < -0.3 is 0 Å². The maximum atomic E-state index is 14.7. The van der Waals surface area contributed by atoms with Crippen molar-refractivity contribution in [1.82, 2.24) is 0 Å². The van der Waals surface area contributed by atoms with E-state index in [0.717, 1.165) is 43.5 Å². The lowest BCUT2D eigenvalue weighted by Gasteiger charge is -2.07. The lowest BCUT2D eigenvalue weighted by Crippen LogP contribution is -1.93. The fourth-order valence-electron chi connectivity index (χ4n) is 3.03. The minimum absolute atomic E-state index is 0.125. The molecule has 0 aliphatic carbocycles. The summed E-state index contributed by atoms with van der Waals surface area (Å²) in [6.45, 7) is 2.08. The minimum atomic E-state index is -1.02. The van der Waals surface area contributed by atoms with E-state index in [1.54, 1.807) is 18.2 Å². The topological polar surface area (TPSA) is 12.4 Å². The Bertz CT molecular complexity index is 1370. The normalized spacial score (nSPS) is 9.94. The van der Waals surface area contributed by atoms with Crippen LogP contribution >= 0.6 is 23.8 Å². The number of rotatable bonds is 4. The Kier molecular flexibility index (Phi) is 8.63. The number of benzene rings is 3. The third-order valence-corrected chi connectivity index (χ3v) is 5.12. The molecule has 0 amide bonds. The second-order valence-electron chi connectivity index (χ2n) is 7.16. The number of halogens is 5. The molecule has 0 saturated heterocycles. The van der Waals surface area contributed by atoms with E-state index in [-0.39, 0.29) is 11.1 Å². The van der Waals surface area contributed by atoms with Crippen LogP contribution in [0, 0.1) is 47.0 Å². The van der Waals surface area contributed by atoms with Gasteiger partial charge in [0.05, 0.1) is 10.7 Å². The predicted octanol–water partition coefficient (Wildman–Crippen LogP) is 8.24. The zero-order valence-corrected chi connectivity index (χ0v) is 19.5. The first-order valence-corrected chi connectivity index (χ1v) is 11.0. The summed E-state index contributed by atoms with van der Waals surface area (Å²) in [6, 6.07) is 8.97. The van der Waals surface area contributed by atoms with Gasteiger partial charge >= 0.3 is 0 Å². The average molecular weight is 498 g/mol. The Morgan fingerprint density at radius 3 is 2.12 bits per heavy atom. The fourth-order valence-corrected chi connectivity index (χ4v) is 3.41. The summed E-state index contributed by atoms with van der Waals surface area (Å²) in [7, 11) is 0. The molecular formula is C27H16ClF4NS. The van der Waals surface area contributed by atoms with Crippen LogP contribution in [-0.4, -0.2) is 5.16 Å². The highest BCUT2D eigenvalue weighted by Crippen LogP contribution is 2.31. The molecule has 1 nitrogen and oxygen atoms in total. The van der Waals surface area contributed by atoms with Crippen LogP contribution in [0.4, 0.5) is 23.2 Å². The van der Waals surface area contributed by atoms with E-state index in [1.807, 2.05) is 5.16 Å². The summed E-state index contributed by atoms with van der Waals surface area (Å²) < 4.78 is 57.2. The second-order valence-corrected chi connectivity index (χ2v) is 7.75. The Morgan fingerprint density at radius 1 is 0.853 bits per heavy atom. The molecule has 0 bridgehead atoms. The maximum Gasteiger partial charge on any atom is 0.153 e. The molecule has 0 unspecified atom stereocenters. The van der Waals surface area contributed by atoms with E-state index in [1.165, 1.54) is 0 Å². The third kappa shape index (κ3) is 6.13. The fraction of sp³-hybridized carbons (Fsp3) is 0.148. The summed E-state index contributed by atoms with van der Waals surface area (Å²) in [6.07, 6.45) is 2.83. The Morgan fingerprint density at radius 2 is 1.53 bits per heavy atom. The number of unbranched alkanes of at least 4 members (excludes halogenated alkanes) is 2. The van der Waals surface area contributed by atoms with E-state index < -0.39 is 34.5 Å². The predicted molar refractivity (Wildman–Crippen MR) is 130 cm³/mol. The van der Waals surface area contributed by atoms with Crippen LogP contribution in [0.15, 0.2) is 47.5 Å². The van der Waals surface area contributed by atoms with Crippen molar-refractivity contribution >= 4 is 34.7 Å². The molecule has 0 aliphatic heterocycles. The van der Waals surface area contributed by atoms with Crippen molar-refractivity contribution in [2.75, 3.05) is 0 Å². The molecule has 3 aromatic carbocycles. The zero-order valence-electron chi connectivity index (χ0n) is 17.9. The van der Waals surface area contributed by atoms with Crippen LogP contribution in [0.5, 0.6) is 0 Å². The van der Waals surface area contributed by atoms with Crippen LogP contribution in [0.1, 0.15) is 42.9 Å². The Labute approximate surface area is 205 Å². The summed E-state index contributed by atoms with van der Waals surface area (Å²) in [5.74, 6) is 6.79. The molecule has 0 fully saturated rings. The van der Waals surface area contributed by atoms with Gasteiger partial charge in [-0.2, -0.15) is 4.99 Å². The van der Waals surface area contributed by atoms with Crippen molar-refractivity contribution < 1.29 is 17.6 Å². The van der Waals surface area contributed by atoms with E-state index in [4.69, 9.17) is 11.6 Å². The maximum absolute atomic E-state index is 14.7. The molecule has 0 spiro atoms. The van der Waals surface area contributed by atoms with Gasteiger partial charge in [0.25, 0.3) is 0 Å². The van der Waals surface area contributed by atoms with Crippen molar-refractivity contribution in [3.63, 3.8) is 0 Å². The summed E-state index contributed by atoms with van der Waals surface area (Å²) in [5.41, 5.74) is 0.0690. The molecule has 3 aromatic rings. The molecular weight excluding hydrogens is 482 g/mol. The molecule has 7 heteroatoms. The van der Waals surface area contributed by atoms with E-state index in [2.05, 4.69) is 47.8 Å². The largest absolute Gasteiger partial charge is 0.205 e. The summed E-state index contributed by atoms with van der Waals surface area (Å²) >= 11 is 10.7. The highest BCUT2D eigenvalue weighted by atomic mass is 35.5. The summed E-state index contributed by atoms with van der Waals surface area (Å²) in [4.78, 5) is 3.29. The zero-order chi connectivity index (χ0) is 24.7. The standard InChI is InChI=1S/C27H16ClF4NS/c1-2-3-4-5-6-17-7-9-20(22(28)11-17)19-14-23(29)21(24(30)15-19)10-8-18-12-25(31)27(33-16-34)26(32)13-18/h7,9,11-15H,2-4H2,1H3. The first kappa shape index (κ1) is 25.2. The van der Waals surface area contributed by atoms with Crippen LogP contribution in [0.2, 0.25) is 5.02 Å². The van der Waals surface area contributed by atoms with Crippen LogP contribution in [0.25, 0.3) is 11.1 Å². The SMILES string of the molecule is CCCCC#Cc1ccc(-c2cc(F)c(C#Cc3cc(F)c(N=C=S)c(F)c3)c(F)c2)c(Cl)c1. The van der Waals surface area contributed by atoms with Crippen molar-refractivity contribution in [2.24, 2.45) is 4.99 Å². The first-order valence-electron chi connectivity index (χ1n) is 10.2. The number of thiocarbonyl (C=S) groups is 1. The Balaban J connectivity index is 1.91. The van der Waals surface area contributed by atoms with Crippen molar-refractivity contribution in [1.29, 1.82) is 0 Å². The van der Waals surface area contributed by atoms with Gasteiger partial charge in [0, 0.05) is 28.1 Å². The average Bonchev–Trinajstić information content (AvgIpc) is 2.78. The number of aliphatic imine (C=N–C) groups is 1. The van der Waals surface area contributed by atoms with Gasteiger partial charge in [-0.3, -0.25) is 0 Å². The molecule has 0 atom stereocenters. The first-order chi connectivity index (χ1) is 16.3.